The third kappa shape index (κ3) is 2.29. The summed E-state index contributed by atoms with van der Waals surface area (Å²) in [5.41, 5.74) is 0. The standard InChI is InChI=1S/C14H16BNO/c1-10-6-5-9-12(10)13-14(17-15(2)16-13)11-7-3-4-8-11/h3-9,13-14,16H,1-2H3/t13-,14+/m1/s1. The Morgan fingerprint density at radius 1 is 1.12 bits per heavy atom. The molecule has 17 heavy (non-hydrogen) atoms. The number of hydrogen-bond acceptors (Lipinski definition) is 2. The molecule has 0 aromatic rings. The van der Waals surface area contributed by atoms with Gasteiger partial charge >= 0.3 is 7.05 Å². The van der Waals surface area contributed by atoms with Gasteiger partial charge in [0.2, 0.25) is 0 Å². The first kappa shape index (κ1) is 12.0. The molecule has 1 N–H and O–H groups in total. The van der Waals surface area contributed by atoms with Gasteiger partial charge in [0, 0.05) is 17.9 Å². The van der Waals surface area contributed by atoms with Gasteiger partial charge in [0.05, 0.1) is 6.10 Å². The van der Waals surface area contributed by atoms with Crippen molar-refractivity contribution in [2.24, 2.45) is 0 Å². The minimum Gasteiger partial charge on any atom is -0.417 e. The molecule has 1 heterocycles. The van der Waals surface area contributed by atoms with Crippen LogP contribution in [0.2, 0.25) is 6.82 Å². The molecule has 1 saturated heterocycles. The predicted octanol–water partition coefficient (Wildman–Crippen LogP) is 1.66. The van der Waals surface area contributed by atoms with Crippen LogP contribution >= 0.6 is 0 Å². The zero-order valence-corrected chi connectivity index (χ0v) is 10.2. The van der Waals surface area contributed by atoms with Crippen molar-refractivity contribution in [3.8, 4) is 0 Å². The van der Waals surface area contributed by atoms with Crippen molar-refractivity contribution >= 4 is 7.05 Å². The van der Waals surface area contributed by atoms with Crippen LogP contribution < -0.4 is 5.23 Å². The van der Waals surface area contributed by atoms with Crippen molar-refractivity contribution in [1.29, 1.82) is 0 Å². The molecule has 0 amide bonds. The molecular weight excluding hydrogens is 209 g/mol. The van der Waals surface area contributed by atoms with Gasteiger partial charge in [0.1, 0.15) is 0 Å². The first-order valence-electron chi connectivity index (χ1n) is 6.11. The van der Waals surface area contributed by atoms with Crippen molar-refractivity contribution in [3.05, 3.63) is 62.7 Å². The lowest BCUT2D eigenvalue weighted by molar-refractivity contribution is 0.238. The van der Waals surface area contributed by atoms with Crippen LogP contribution in [-0.4, -0.2) is 19.2 Å². The molecule has 3 heteroatoms. The Labute approximate surface area is 106 Å². The van der Waals surface area contributed by atoms with E-state index in [2.05, 4.69) is 63.9 Å². The van der Waals surface area contributed by atoms with Gasteiger partial charge in [0.15, 0.2) is 0 Å². The van der Waals surface area contributed by atoms with Crippen molar-refractivity contribution in [2.45, 2.75) is 25.9 Å². The first-order valence-corrected chi connectivity index (χ1v) is 6.11. The molecule has 3 aliphatic rings. The molecule has 10 radical (unpaired) electrons. The Hall–Kier alpha value is -0.0151. The highest BCUT2D eigenvalue weighted by Crippen LogP contribution is 2.42. The summed E-state index contributed by atoms with van der Waals surface area (Å²) < 4.78 is 5.99. The summed E-state index contributed by atoms with van der Waals surface area (Å²) in [4.78, 5) is 0. The first-order chi connectivity index (χ1) is 8.25. The van der Waals surface area contributed by atoms with Crippen molar-refractivity contribution < 1.29 is 4.65 Å². The van der Waals surface area contributed by atoms with Crippen molar-refractivity contribution in [3.63, 3.8) is 0 Å². The number of hydrogen-bond donors (Lipinski definition) is 1. The Morgan fingerprint density at radius 2 is 1.88 bits per heavy atom. The molecule has 2 atom stereocenters. The fourth-order valence-electron chi connectivity index (χ4n) is 2.65. The van der Waals surface area contributed by atoms with E-state index in [4.69, 9.17) is 4.65 Å². The maximum absolute atomic E-state index is 5.99. The number of nitrogens with one attached hydrogen (secondary N) is 1. The summed E-state index contributed by atoms with van der Waals surface area (Å²) in [6.45, 7) is 4.22. The SMILES string of the molecule is CB1N[C@H]([C]2[CH][CH][CH][C]2C)[C@H]([C]2[CH][CH][CH][CH]2)O1. The minimum absolute atomic E-state index is 0.106. The molecule has 1 aliphatic heterocycles. The van der Waals surface area contributed by atoms with E-state index in [9.17, 15) is 0 Å². The zero-order valence-electron chi connectivity index (χ0n) is 10.2. The smallest absolute Gasteiger partial charge is 0.376 e. The van der Waals surface area contributed by atoms with Gasteiger partial charge in [-0.05, 0) is 57.7 Å². The average Bonchev–Trinajstić information content (AvgIpc) is 2.97. The van der Waals surface area contributed by atoms with Crippen LogP contribution in [0.3, 0.4) is 0 Å². The lowest BCUT2D eigenvalue weighted by atomic mass is 9.81. The van der Waals surface area contributed by atoms with Crippen LogP contribution in [0.5, 0.6) is 0 Å². The van der Waals surface area contributed by atoms with Crippen LogP contribution in [0.4, 0.5) is 0 Å². The molecule has 0 spiro atoms. The minimum atomic E-state index is 0.106. The van der Waals surface area contributed by atoms with Crippen LogP contribution in [0.25, 0.3) is 0 Å². The lowest BCUT2D eigenvalue weighted by Crippen LogP contribution is -2.42. The van der Waals surface area contributed by atoms with E-state index >= 15 is 0 Å². The molecule has 2 nitrogen and oxygen atoms in total. The van der Waals surface area contributed by atoms with Crippen molar-refractivity contribution in [1.82, 2.24) is 5.23 Å². The van der Waals surface area contributed by atoms with Crippen LogP contribution in [0.1, 0.15) is 6.92 Å². The molecule has 3 fully saturated rings. The summed E-state index contributed by atoms with van der Waals surface area (Å²) in [6, 6.07) is 0.266. The molecular formula is C14H16BNO. The second-order valence-electron chi connectivity index (χ2n) is 4.73. The van der Waals surface area contributed by atoms with Gasteiger partial charge in [-0.3, -0.25) is 0 Å². The van der Waals surface area contributed by atoms with Gasteiger partial charge in [-0.2, -0.15) is 0 Å². The molecule has 3 rings (SSSR count). The average molecular weight is 225 g/mol. The van der Waals surface area contributed by atoms with Gasteiger partial charge in [0.25, 0.3) is 0 Å². The third-order valence-electron chi connectivity index (χ3n) is 3.50. The van der Waals surface area contributed by atoms with E-state index < -0.39 is 0 Å². The van der Waals surface area contributed by atoms with Crippen LogP contribution in [0.15, 0.2) is 0 Å². The molecule has 0 aromatic heterocycles. The highest BCUT2D eigenvalue weighted by molar-refractivity contribution is 6.48. The summed E-state index contributed by atoms with van der Waals surface area (Å²) in [7, 11) is 0.106. The normalized spacial score (nSPS) is 37.4. The maximum atomic E-state index is 5.99. The summed E-state index contributed by atoms with van der Waals surface area (Å²) in [5, 5.41) is 3.51. The second-order valence-corrected chi connectivity index (χ2v) is 4.73. The quantitative estimate of drug-likeness (QED) is 0.721. The molecule has 0 aromatic carbocycles. The Bertz CT molecular complexity index is 267. The third-order valence-corrected chi connectivity index (χ3v) is 3.50. The fraction of sp³-hybridized carbons (Fsp3) is 0.286. The summed E-state index contributed by atoms with van der Waals surface area (Å²) in [6.07, 6.45) is 15.0. The Morgan fingerprint density at radius 3 is 2.53 bits per heavy atom. The largest absolute Gasteiger partial charge is 0.417 e. The fourth-order valence-corrected chi connectivity index (χ4v) is 2.65. The molecule has 86 valence electrons. The Kier molecular flexibility index (Phi) is 3.49. The van der Waals surface area contributed by atoms with Gasteiger partial charge in [-0.15, -0.1) is 0 Å². The topological polar surface area (TPSA) is 21.3 Å². The van der Waals surface area contributed by atoms with E-state index in [-0.39, 0.29) is 19.2 Å². The maximum Gasteiger partial charge on any atom is 0.376 e. The van der Waals surface area contributed by atoms with E-state index in [1.165, 1.54) is 17.8 Å². The van der Waals surface area contributed by atoms with E-state index in [0.717, 1.165) is 0 Å². The monoisotopic (exact) mass is 225 g/mol. The Balaban J connectivity index is 1.71. The van der Waals surface area contributed by atoms with E-state index in [1.54, 1.807) is 0 Å². The highest BCUT2D eigenvalue weighted by Gasteiger charge is 2.47. The van der Waals surface area contributed by atoms with Gasteiger partial charge in [-0.1, -0.05) is 6.92 Å². The lowest BCUT2D eigenvalue weighted by Gasteiger charge is -2.30. The van der Waals surface area contributed by atoms with Crippen LogP contribution in [0, 0.1) is 62.7 Å². The molecule has 2 aliphatic carbocycles. The van der Waals surface area contributed by atoms with Crippen molar-refractivity contribution in [2.75, 3.05) is 0 Å². The highest BCUT2D eigenvalue weighted by atomic mass is 16.5. The molecule has 0 bridgehead atoms. The van der Waals surface area contributed by atoms with Crippen LogP contribution in [-0.2, 0) is 4.65 Å². The van der Waals surface area contributed by atoms with E-state index in [1.807, 2.05) is 0 Å². The summed E-state index contributed by atoms with van der Waals surface area (Å²) >= 11 is 0. The number of rotatable bonds is 2. The molecule has 0 unspecified atom stereocenters. The van der Waals surface area contributed by atoms with E-state index in [0.29, 0.717) is 0 Å². The molecule has 2 saturated carbocycles. The van der Waals surface area contributed by atoms with Gasteiger partial charge < -0.3 is 9.88 Å². The predicted molar refractivity (Wildman–Crippen MR) is 68.9 cm³/mol. The summed E-state index contributed by atoms with van der Waals surface area (Å²) in [5.74, 6) is 3.93. The zero-order chi connectivity index (χ0) is 11.8. The van der Waals surface area contributed by atoms with Gasteiger partial charge in [-0.25, -0.2) is 0 Å². The second kappa shape index (κ2) is 4.93.